The zero-order valence-electron chi connectivity index (χ0n) is 17.4. The molecule has 4 rings (SSSR count). The number of nitriles is 1. The first-order chi connectivity index (χ1) is 12.7. The first-order valence-electron chi connectivity index (χ1n) is 12.1. The second kappa shape index (κ2) is 7.85. The van der Waals surface area contributed by atoms with Gasteiger partial charge in [-0.15, -0.1) is 0 Å². The van der Waals surface area contributed by atoms with Crippen LogP contribution in [0.3, 0.4) is 0 Å². The van der Waals surface area contributed by atoms with Gasteiger partial charge in [0.1, 0.15) is 0 Å². The van der Waals surface area contributed by atoms with Gasteiger partial charge < -0.3 is 0 Å². The number of rotatable bonds is 4. The van der Waals surface area contributed by atoms with Crippen LogP contribution in [0.2, 0.25) is 0 Å². The average molecular weight is 356 g/mol. The summed E-state index contributed by atoms with van der Waals surface area (Å²) in [4.78, 5) is 0. The van der Waals surface area contributed by atoms with E-state index in [0.717, 1.165) is 47.8 Å². The molecule has 4 aliphatic carbocycles. The van der Waals surface area contributed by atoms with Gasteiger partial charge in [0, 0.05) is 0 Å². The minimum atomic E-state index is 0.0291. The van der Waals surface area contributed by atoms with Crippen LogP contribution >= 0.6 is 0 Å². The molecule has 0 aliphatic heterocycles. The molecule has 0 spiro atoms. The van der Waals surface area contributed by atoms with Crippen LogP contribution in [0.25, 0.3) is 0 Å². The number of hydrogen-bond donors (Lipinski definition) is 0. The molecule has 26 heavy (non-hydrogen) atoms. The summed E-state index contributed by atoms with van der Waals surface area (Å²) < 4.78 is 0. The standard InChI is InChI=1S/C25H41N/c1-3-5-7-18-8-6-9-22-20(18)12-13-23-21-14-15-25(4-2,17-26)16-19(21)10-11-24(22)23/h18-24H,3-16H2,1-2H3/t18-,19?,20?,21?,22?,23?,24?,25-/m1/s1. The van der Waals surface area contributed by atoms with Crippen LogP contribution < -0.4 is 0 Å². The lowest BCUT2D eigenvalue weighted by Crippen LogP contribution is -2.49. The van der Waals surface area contributed by atoms with Gasteiger partial charge in [0.2, 0.25) is 0 Å². The summed E-state index contributed by atoms with van der Waals surface area (Å²) in [7, 11) is 0. The van der Waals surface area contributed by atoms with Crippen LogP contribution in [0.1, 0.15) is 104 Å². The summed E-state index contributed by atoms with van der Waals surface area (Å²) in [5, 5.41) is 9.77. The van der Waals surface area contributed by atoms with Crippen molar-refractivity contribution >= 4 is 0 Å². The van der Waals surface area contributed by atoms with E-state index in [4.69, 9.17) is 0 Å². The zero-order chi connectivity index (χ0) is 18.1. The fourth-order valence-electron chi connectivity index (χ4n) is 8.30. The van der Waals surface area contributed by atoms with E-state index in [-0.39, 0.29) is 5.41 Å². The third-order valence-corrected chi connectivity index (χ3v) is 9.68. The second-order valence-electron chi connectivity index (χ2n) is 10.6. The fraction of sp³-hybridized carbons (Fsp3) is 0.960. The molecule has 0 amide bonds. The molecular weight excluding hydrogens is 314 g/mol. The van der Waals surface area contributed by atoms with E-state index in [1.54, 1.807) is 12.8 Å². The summed E-state index contributed by atoms with van der Waals surface area (Å²) in [6.07, 6.45) is 19.8. The molecule has 0 aromatic rings. The Morgan fingerprint density at radius 3 is 2.35 bits per heavy atom. The fourth-order valence-corrected chi connectivity index (χ4v) is 8.30. The minimum absolute atomic E-state index is 0.0291. The molecule has 6 unspecified atom stereocenters. The highest BCUT2D eigenvalue weighted by molar-refractivity contribution is 5.07. The van der Waals surface area contributed by atoms with Crippen molar-refractivity contribution in [1.82, 2.24) is 0 Å². The van der Waals surface area contributed by atoms with E-state index in [2.05, 4.69) is 19.9 Å². The van der Waals surface area contributed by atoms with Crippen molar-refractivity contribution in [3.05, 3.63) is 0 Å². The van der Waals surface area contributed by atoms with E-state index in [1.807, 2.05) is 0 Å². The molecule has 0 saturated heterocycles. The second-order valence-corrected chi connectivity index (χ2v) is 10.6. The average Bonchev–Trinajstić information content (AvgIpc) is 2.71. The van der Waals surface area contributed by atoms with E-state index >= 15 is 0 Å². The molecule has 4 saturated carbocycles. The van der Waals surface area contributed by atoms with Crippen molar-refractivity contribution in [1.29, 1.82) is 5.26 Å². The van der Waals surface area contributed by atoms with Gasteiger partial charge in [0.25, 0.3) is 0 Å². The molecule has 0 aromatic heterocycles. The Morgan fingerprint density at radius 1 is 0.846 bits per heavy atom. The van der Waals surface area contributed by atoms with Crippen molar-refractivity contribution < 1.29 is 0 Å². The molecular formula is C25H41N. The van der Waals surface area contributed by atoms with Crippen LogP contribution in [0.5, 0.6) is 0 Å². The van der Waals surface area contributed by atoms with Gasteiger partial charge in [0.15, 0.2) is 0 Å². The lowest BCUT2D eigenvalue weighted by Gasteiger charge is -2.57. The summed E-state index contributed by atoms with van der Waals surface area (Å²) in [6.45, 7) is 4.61. The summed E-state index contributed by atoms with van der Waals surface area (Å²) >= 11 is 0. The number of fused-ring (bicyclic) bond motifs is 5. The summed E-state index contributed by atoms with van der Waals surface area (Å²) in [5.41, 5.74) is 0.0291. The zero-order valence-corrected chi connectivity index (χ0v) is 17.4. The predicted octanol–water partition coefficient (Wildman–Crippen LogP) is 7.37. The van der Waals surface area contributed by atoms with Crippen molar-refractivity contribution in [2.45, 2.75) is 104 Å². The van der Waals surface area contributed by atoms with Crippen molar-refractivity contribution in [3.8, 4) is 6.07 Å². The molecule has 4 fully saturated rings. The Kier molecular flexibility index (Phi) is 5.69. The van der Waals surface area contributed by atoms with Gasteiger partial charge in [-0.3, -0.25) is 0 Å². The van der Waals surface area contributed by atoms with E-state index < -0.39 is 0 Å². The van der Waals surface area contributed by atoms with Gasteiger partial charge in [0.05, 0.1) is 11.5 Å². The van der Waals surface area contributed by atoms with Crippen molar-refractivity contribution in [2.75, 3.05) is 0 Å². The lowest BCUT2D eigenvalue weighted by molar-refractivity contribution is -0.0712. The van der Waals surface area contributed by atoms with Crippen LogP contribution in [0.15, 0.2) is 0 Å². The Bertz CT molecular complexity index is 519. The number of nitrogens with zero attached hydrogens (tertiary/aromatic N) is 1. The third-order valence-electron chi connectivity index (χ3n) is 9.68. The number of unbranched alkanes of at least 4 members (excludes halogenated alkanes) is 1. The van der Waals surface area contributed by atoms with E-state index in [9.17, 15) is 5.26 Å². The van der Waals surface area contributed by atoms with E-state index in [1.165, 1.54) is 70.6 Å². The SMILES string of the molecule is CCCC[C@@H]1CCCC2C3CCC4C[C@@](C#N)(CC)CCC4C3CCC21. The third kappa shape index (κ3) is 3.25. The Labute approximate surface area is 162 Å². The molecule has 0 bridgehead atoms. The van der Waals surface area contributed by atoms with Crippen molar-refractivity contribution in [3.63, 3.8) is 0 Å². The molecule has 0 radical (unpaired) electrons. The maximum Gasteiger partial charge on any atom is 0.0689 e. The molecule has 146 valence electrons. The van der Waals surface area contributed by atoms with Crippen LogP contribution in [0, 0.1) is 58.2 Å². The van der Waals surface area contributed by atoms with Gasteiger partial charge in [-0.1, -0.05) is 46.0 Å². The smallest absolute Gasteiger partial charge is 0.0689 e. The summed E-state index contributed by atoms with van der Waals surface area (Å²) in [6, 6.07) is 2.74. The Hall–Kier alpha value is -0.510. The van der Waals surface area contributed by atoms with Crippen molar-refractivity contribution in [2.24, 2.45) is 46.8 Å². The highest BCUT2D eigenvalue weighted by Crippen LogP contribution is 2.60. The Morgan fingerprint density at radius 2 is 1.58 bits per heavy atom. The highest BCUT2D eigenvalue weighted by Gasteiger charge is 2.52. The summed E-state index contributed by atoms with van der Waals surface area (Å²) in [5.74, 6) is 7.12. The van der Waals surface area contributed by atoms with Crippen LogP contribution in [0.4, 0.5) is 0 Å². The molecule has 1 heteroatoms. The highest BCUT2D eigenvalue weighted by atomic mass is 14.6. The van der Waals surface area contributed by atoms with Gasteiger partial charge in [-0.25, -0.2) is 0 Å². The monoisotopic (exact) mass is 355 g/mol. The lowest BCUT2D eigenvalue weighted by atomic mass is 9.48. The minimum Gasteiger partial charge on any atom is -0.198 e. The Balaban J connectivity index is 1.46. The molecule has 0 aromatic carbocycles. The maximum atomic E-state index is 9.77. The molecule has 8 atom stereocenters. The van der Waals surface area contributed by atoms with Gasteiger partial charge >= 0.3 is 0 Å². The maximum absolute atomic E-state index is 9.77. The largest absolute Gasteiger partial charge is 0.198 e. The first kappa shape index (κ1) is 18.8. The van der Waals surface area contributed by atoms with Crippen LogP contribution in [-0.2, 0) is 0 Å². The molecule has 4 aliphatic rings. The first-order valence-corrected chi connectivity index (χ1v) is 12.1. The molecule has 0 N–H and O–H groups in total. The quantitative estimate of drug-likeness (QED) is 0.516. The predicted molar refractivity (Wildman–Crippen MR) is 108 cm³/mol. The topological polar surface area (TPSA) is 23.8 Å². The molecule has 0 heterocycles. The van der Waals surface area contributed by atoms with Gasteiger partial charge in [-0.05, 0) is 99.2 Å². The normalized spacial score (nSPS) is 48.0. The number of hydrogen-bond acceptors (Lipinski definition) is 1. The molecule has 1 nitrogen and oxygen atoms in total. The van der Waals surface area contributed by atoms with Gasteiger partial charge in [-0.2, -0.15) is 5.26 Å². The van der Waals surface area contributed by atoms with E-state index in [0.29, 0.717) is 0 Å². The van der Waals surface area contributed by atoms with Crippen LogP contribution in [-0.4, -0.2) is 0 Å².